The van der Waals surface area contributed by atoms with Crippen LogP contribution in [0.1, 0.15) is 32.1 Å². The number of benzene rings is 1. The Kier molecular flexibility index (Phi) is 5.53. The topological polar surface area (TPSA) is 72.9 Å². The molecule has 2 aliphatic rings. The van der Waals surface area contributed by atoms with E-state index in [2.05, 4.69) is 0 Å². The first-order valence-corrected chi connectivity index (χ1v) is 9.91. The fraction of sp³-hybridized carbons (Fsp3) is 0.588. The van der Waals surface area contributed by atoms with Crippen LogP contribution >= 0.6 is 0 Å². The Morgan fingerprint density at radius 1 is 1.04 bits per heavy atom. The average Bonchev–Trinajstić information content (AvgIpc) is 2.63. The number of sulfonamides is 1. The molecule has 2 fully saturated rings. The van der Waals surface area contributed by atoms with Gasteiger partial charge in [-0.1, -0.05) is 19.3 Å². The van der Waals surface area contributed by atoms with Gasteiger partial charge in [-0.25, -0.2) is 8.42 Å². The number of rotatable bonds is 4. The van der Waals surface area contributed by atoms with E-state index in [-0.39, 0.29) is 16.8 Å². The normalized spacial score (nSPS) is 20.7. The fourth-order valence-corrected chi connectivity index (χ4v) is 4.56. The molecular weight excluding hydrogens is 330 g/mol. The van der Waals surface area contributed by atoms with Crippen LogP contribution in [0.4, 0.5) is 0 Å². The minimum atomic E-state index is -3.51. The van der Waals surface area contributed by atoms with Crippen molar-refractivity contribution in [1.29, 1.82) is 0 Å². The van der Waals surface area contributed by atoms with E-state index in [0.717, 1.165) is 25.7 Å². The molecule has 0 spiro atoms. The van der Waals surface area contributed by atoms with Gasteiger partial charge in [0.1, 0.15) is 5.75 Å². The third-order valence-corrected chi connectivity index (χ3v) is 6.50. The molecule has 24 heavy (non-hydrogen) atoms. The lowest BCUT2D eigenvalue weighted by Crippen LogP contribution is -2.40. The molecule has 0 atom stereocenters. The third-order valence-electron chi connectivity index (χ3n) is 4.59. The minimum absolute atomic E-state index is 0.0319. The molecule has 1 saturated carbocycles. The molecule has 132 valence electrons. The van der Waals surface area contributed by atoms with Crippen LogP contribution in [0.3, 0.4) is 0 Å². The number of nitrogens with zero attached hydrogens (tertiary/aromatic N) is 1. The molecule has 1 heterocycles. The van der Waals surface area contributed by atoms with Crippen LogP contribution in [0.15, 0.2) is 29.2 Å². The molecule has 6 nitrogen and oxygen atoms in total. The van der Waals surface area contributed by atoms with Crippen molar-refractivity contribution in [3.8, 4) is 5.75 Å². The zero-order chi connectivity index (χ0) is 17.0. The summed E-state index contributed by atoms with van der Waals surface area (Å²) in [5.41, 5.74) is 0. The molecule has 1 aliphatic carbocycles. The second-order valence-corrected chi connectivity index (χ2v) is 8.18. The van der Waals surface area contributed by atoms with Gasteiger partial charge in [-0.05, 0) is 37.1 Å². The monoisotopic (exact) mass is 353 g/mol. The lowest BCUT2D eigenvalue weighted by Gasteiger charge is -2.26. The summed E-state index contributed by atoms with van der Waals surface area (Å²) in [5.74, 6) is 0.153. The van der Waals surface area contributed by atoms with E-state index >= 15 is 0 Å². The molecule has 0 amide bonds. The van der Waals surface area contributed by atoms with Crippen molar-refractivity contribution in [3.63, 3.8) is 0 Å². The number of ether oxygens (including phenoxy) is 2. The van der Waals surface area contributed by atoms with E-state index in [1.165, 1.54) is 22.9 Å². The Balaban J connectivity index is 1.65. The molecule has 0 radical (unpaired) electrons. The highest BCUT2D eigenvalue weighted by Gasteiger charge is 2.27. The fourth-order valence-electron chi connectivity index (χ4n) is 3.15. The second-order valence-electron chi connectivity index (χ2n) is 6.24. The summed E-state index contributed by atoms with van der Waals surface area (Å²) in [6, 6.07) is 6.09. The summed E-state index contributed by atoms with van der Waals surface area (Å²) in [6.07, 6.45) is 5.07. The molecule has 0 N–H and O–H groups in total. The average molecular weight is 353 g/mol. The Labute approximate surface area is 142 Å². The number of hydrogen-bond acceptors (Lipinski definition) is 5. The first-order valence-electron chi connectivity index (χ1n) is 8.47. The van der Waals surface area contributed by atoms with Crippen molar-refractivity contribution >= 4 is 16.0 Å². The Bertz CT molecular complexity index is 659. The van der Waals surface area contributed by atoms with Crippen molar-refractivity contribution in [2.75, 3.05) is 26.3 Å². The number of esters is 1. The molecule has 0 unspecified atom stereocenters. The predicted octanol–water partition coefficient (Wildman–Crippen LogP) is 2.19. The van der Waals surface area contributed by atoms with Gasteiger partial charge in [0.25, 0.3) is 0 Å². The van der Waals surface area contributed by atoms with Crippen LogP contribution in [-0.2, 0) is 19.6 Å². The van der Waals surface area contributed by atoms with Crippen LogP contribution in [0.25, 0.3) is 0 Å². The van der Waals surface area contributed by atoms with E-state index in [4.69, 9.17) is 9.47 Å². The van der Waals surface area contributed by atoms with Crippen LogP contribution in [-0.4, -0.2) is 45.0 Å². The van der Waals surface area contributed by atoms with E-state index in [1.54, 1.807) is 12.1 Å². The van der Waals surface area contributed by atoms with Crippen molar-refractivity contribution in [2.24, 2.45) is 5.92 Å². The van der Waals surface area contributed by atoms with Gasteiger partial charge in [-0.3, -0.25) is 4.79 Å². The van der Waals surface area contributed by atoms with Gasteiger partial charge in [0.05, 0.1) is 24.0 Å². The summed E-state index contributed by atoms with van der Waals surface area (Å²) < 4.78 is 37.1. The van der Waals surface area contributed by atoms with Crippen LogP contribution < -0.4 is 4.74 Å². The molecule has 0 aromatic heterocycles. The molecule has 1 aromatic rings. The zero-order valence-electron chi connectivity index (χ0n) is 13.6. The van der Waals surface area contributed by atoms with E-state index in [9.17, 15) is 13.2 Å². The highest BCUT2D eigenvalue weighted by molar-refractivity contribution is 7.89. The Hall–Kier alpha value is -1.44. The molecule has 3 rings (SSSR count). The quantitative estimate of drug-likeness (QED) is 0.613. The lowest BCUT2D eigenvalue weighted by atomic mass is 9.89. The number of carbonyl (C=O) groups excluding carboxylic acids is 1. The van der Waals surface area contributed by atoms with E-state index < -0.39 is 10.0 Å². The van der Waals surface area contributed by atoms with Gasteiger partial charge >= 0.3 is 5.97 Å². The Morgan fingerprint density at radius 3 is 2.29 bits per heavy atom. The summed E-state index contributed by atoms with van der Waals surface area (Å²) >= 11 is 0. The van der Waals surface area contributed by atoms with Gasteiger partial charge in [-0.15, -0.1) is 0 Å². The predicted molar refractivity (Wildman–Crippen MR) is 88.2 cm³/mol. The largest absolute Gasteiger partial charge is 0.426 e. The smallest absolute Gasteiger partial charge is 0.314 e. The van der Waals surface area contributed by atoms with Crippen LogP contribution in [0.5, 0.6) is 5.75 Å². The number of hydrogen-bond donors (Lipinski definition) is 0. The van der Waals surface area contributed by atoms with Crippen LogP contribution in [0.2, 0.25) is 0 Å². The SMILES string of the molecule is O=C(Oc1ccc(S(=O)(=O)N2CCOCC2)cc1)C1CCCCC1. The maximum absolute atomic E-state index is 12.5. The maximum Gasteiger partial charge on any atom is 0.314 e. The third kappa shape index (κ3) is 3.96. The molecule has 1 aromatic carbocycles. The van der Waals surface area contributed by atoms with E-state index in [1.807, 2.05) is 0 Å². The molecule has 1 saturated heterocycles. The Morgan fingerprint density at radius 2 is 1.67 bits per heavy atom. The van der Waals surface area contributed by atoms with Crippen molar-refractivity contribution < 1.29 is 22.7 Å². The molecular formula is C17H23NO5S. The summed E-state index contributed by atoms with van der Waals surface area (Å²) in [7, 11) is -3.51. The van der Waals surface area contributed by atoms with Crippen molar-refractivity contribution in [1.82, 2.24) is 4.31 Å². The summed E-state index contributed by atoms with van der Waals surface area (Å²) in [6.45, 7) is 1.55. The second kappa shape index (κ2) is 7.63. The minimum Gasteiger partial charge on any atom is -0.426 e. The lowest BCUT2D eigenvalue weighted by molar-refractivity contribution is -0.139. The molecule has 0 bridgehead atoms. The number of carbonyl (C=O) groups is 1. The standard InChI is InChI=1S/C17H23NO5S/c19-17(14-4-2-1-3-5-14)23-15-6-8-16(9-7-15)24(20,21)18-10-12-22-13-11-18/h6-9,14H,1-5,10-13H2. The van der Waals surface area contributed by atoms with Crippen molar-refractivity contribution in [2.45, 2.75) is 37.0 Å². The summed E-state index contributed by atoms with van der Waals surface area (Å²) in [5, 5.41) is 0. The molecule has 7 heteroatoms. The highest BCUT2D eigenvalue weighted by Crippen LogP contribution is 2.26. The summed E-state index contributed by atoms with van der Waals surface area (Å²) in [4.78, 5) is 12.3. The van der Waals surface area contributed by atoms with Gasteiger partial charge in [0.15, 0.2) is 0 Å². The molecule has 1 aliphatic heterocycles. The number of morpholine rings is 1. The first-order chi connectivity index (χ1) is 11.6. The van der Waals surface area contributed by atoms with E-state index in [0.29, 0.717) is 32.1 Å². The first kappa shape index (κ1) is 17.4. The maximum atomic E-state index is 12.5. The van der Waals surface area contributed by atoms with Crippen molar-refractivity contribution in [3.05, 3.63) is 24.3 Å². The zero-order valence-corrected chi connectivity index (χ0v) is 14.5. The highest BCUT2D eigenvalue weighted by atomic mass is 32.2. The van der Waals surface area contributed by atoms with Crippen LogP contribution in [0, 0.1) is 5.92 Å². The van der Waals surface area contributed by atoms with Gasteiger partial charge in [0.2, 0.25) is 10.0 Å². The van der Waals surface area contributed by atoms with Gasteiger partial charge < -0.3 is 9.47 Å². The van der Waals surface area contributed by atoms with Gasteiger partial charge in [-0.2, -0.15) is 4.31 Å². The van der Waals surface area contributed by atoms with Gasteiger partial charge in [0, 0.05) is 13.1 Å².